The standard InChI is InChI=1S/C54H79FN6O11/c1-12-32(6)54(29-40(54)58(8)51(68)46(30(2)3)57-50(67)47(31(4)5)59(9)42(62)20-14-13-17-23-60-43(63)21-22-44(60)64)41(71-10)26-45(65)61-37-24-35(37)25-38(61)48(72-11)33(7)49(66)56-39-28-53(39,52(69)70)27-34-18-15-16-19-36(34)55/h15-16,18-19,21-22,30-33,35,37-41,46-48H,12-14,17,20,23-29H2,1-11H3,(H,56,66)(H,57,67)(H,69,70)/t32-,33+,35-,37-,38-,39?,40?,41+,46-,47?,48?,53?,54-/m0/s1. The zero-order valence-corrected chi connectivity index (χ0v) is 44.2. The van der Waals surface area contributed by atoms with E-state index in [1.54, 1.807) is 51.2 Å². The van der Waals surface area contributed by atoms with Crippen LogP contribution in [0.5, 0.6) is 0 Å². The van der Waals surface area contributed by atoms with Crippen LogP contribution in [0.4, 0.5) is 4.39 Å². The lowest BCUT2D eigenvalue weighted by Gasteiger charge is -2.39. The number of methoxy groups -OCH3 is 2. The van der Waals surface area contributed by atoms with Gasteiger partial charge < -0.3 is 39.9 Å². The first-order valence-corrected chi connectivity index (χ1v) is 26.0. The molecule has 1 aromatic carbocycles. The maximum atomic E-state index is 14.7. The Labute approximate surface area is 424 Å². The zero-order valence-electron chi connectivity index (χ0n) is 44.2. The van der Waals surface area contributed by atoms with Crippen LogP contribution in [0.3, 0.4) is 0 Å². The van der Waals surface area contributed by atoms with E-state index in [1.165, 1.54) is 35.1 Å². The van der Waals surface area contributed by atoms with Crippen LogP contribution < -0.4 is 10.6 Å². The lowest BCUT2D eigenvalue weighted by atomic mass is 9.80. The van der Waals surface area contributed by atoms with E-state index in [4.69, 9.17) is 9.47 Å². The summed E-state index contributed by atoms with van der Waals surface area (Å²) in [5.41, 5.74) is -1.65. The van der Waals surface area contributed by atoms with Crippen molar-refractivity contribution in [3.63, 3.8) is 0 Å². The van der Waals surface area contributed by atoms with Crippen LogP contribution in [-0.2, 0) is 54.3 Å². The molecular weight excluding hydrogens is 928 g/mol. The summed E-state index contributed by atoms with van der Waals surface area (Å²) >= 11 is 0. The smallest absolute Gasteiger partial charge is 0.312 e. The van der Waals surface area contributed by atoms with Gasteiger partial charge in [-0.05, 0) is 80.2 Å². The molecule has 1 aromatic rings. The number of rotatable bonds is 27. The fraction of sp³-hybridized carbons (Fsp3) is 0.704. The van der Waals surface area contributed by atoms with Gasteiger partial charge in [-0.2, -0.15) is 0 Å². The number of halogens is 1. The molecule has 0 aromatic heterocycles. The van der Waals surface area contributed by atoms with Crippen LogP contribution in [-0.4, -0.2) is 155 Å². The molecule has 7 amide bonds. The van der Waals surface area contributed by atoms with Gasteiger partial charge in [0.25, 0.3) is 11.8 Å². The Kier molecular flexibility index (Phi) is 17.8. The number of ether oxygens (including phenoxy) is 2. The maximum Gasteiger partial charge on any atom is 0.312 e. The molecule has 0 radical (unpaired) electrons. The Bertz CT molecular complexity index is 2240. The fourth-order valence-corrected chi connectivity index (χ4v) is 12.1. The highest BCUT2D eigenvalue weighted by Gasteiger charge is 2.66. The number of hydrogen-bond donors (Lipinski definition) is 3. The third kappa shape index (κ3) is 11.4. The summed E-state index contributed by atoms with van der Waals surface area (Å²) in [6.07, 6.45) is 6.00. The van der Waals surface area contributed by atoms with E-state index in [9.17, 15) is 47.9 Å². The van der Waals surface area contributed by atoms with Gasteiger partial charge in [0.2, 0.25) is 29.5 Å². The minimum absolute atomic E-state index is 0.0151. The lowest BCUT2D eigenvalue weighted by molar-refractivity contribution is -0.146. The first-order valence-electron chi connectivity index (χ1n) is 26.0. The van der Waals surface area contributed by atoms with Gasteiger partial charge in [0.05, 0.1) is 36.0 Å². The van der Waals surface area contributed by atoms with Crippen LogP contribution in [0.25, 0.3) is 0 Å². The molecule has 17 nitrogen and oxygen atoms in total. The molecule has 3 aliphatic carbocycles. The van der Waals surface area contributed by atoms with Crippen LogP contribution in [0.1, 0.15) is 118 Å². The quantitative estimate of drug-likeness (QED) is 0.0809. The summed E-state index contributed by atoms with van der Waals surface area (Å²) in [4.78, 5) is 113. The number of carboxylic acids is 1. The molecule has 3 N–H and O–H groups in total. The summed E-state index contributed by atoms with van der Waals surface area (Å²) in [7, 11) is 6.43. The highest BCUT2D eigenvalue weighted by Crippen LogP contribution is 2.60. The third-order valence-corrected chi connectivity index (χ3v) is 17.0. The van der Waals surface area contributed by atoms with Crippen LogP contribution in [0.2, 0.25) is 0 Å². The number of nitrogens with zero attached hydrogens (tertiary/aromatic N) is 4. The first-order chi connectivity index (χ1) is 34.0. The predicted molar refractivity (Wildman–Crippen MR) is 265 cm³/mol. The molecule has 1 saturated heterocycles. The van der Waals surface area contributed by atoms with Crippen molar-refractivity contribution < 1.29 is 57.3 Å². The Morgan fingerprint density at radius 3 is 2.14 bits per heavy atom. The van der Waals surface area contributed by atoms with Crippen LogP contribution in [0, 0.1) is 46.2 Å². The number of piperidine rings is 1. The molecular formula is C54H79FN6O11. The molecule has 0 bridgehead atoms. The molecule has 2 heterocycles. The van der Waals surface area contributed by atoms with Gasteiger partial charge in [-0.15, -0.1) is 0 Å². The fourth-order valence-electron chi connectivity index (χ4n) is 12.1. The van der Waals surface area contributed by atoms with Gasteiger partial charge in [0, 0.05) is 77.0 Å². The number of carboxylic acid groups (broad SMARTS) is 1. The van der Waals surface area contributed by atoms with Crippen molar-refractivity contribution in [3.05, 3.63) is 47.8 Å². The summed E-state index contributed by atoms with van der Waals surface area (Å²) in [6, 6.07) is 2.82. The average molecular weight is 1010 g/mol. The molecule has 398 valence electrons. The number of nitrogens with one attached hydrogen (secondary N) is 2. The number of unbranched alkanes of at least 4 members (excludes halogenated alkanes) is 2. The van der Waals surface area contributed by atoms with Gasteiger partial charge in [0.15, 0.2) is 0 Å². The van der Waals surface area contributed by atoms with Crippen molar-refractivity contribution in [1.82, 2.24) is 30.2 Å². The molecule has 2 aliphatic heterocycles. The Balaban J connectivity index is 1.08. The van der Waals surface area contributed by atoms with E-state index in [0.717, 1.165) is 12.8 Å². The second-order valence-corrected chi connectivity index (χ2v) is 22.1. The lowest BCUT2D eigenvalue weighted by Crippen LogP contribution is -2.58. The molecule has 13 atom stereocenters. The van der Waals surface area contributed by atoms with Crippen molar-refractivity contribution in [2.24, 2.45) is 40.4 Å². The number of carbonyl (C=O) groups excluding carboxylic acids is 7. The Morgan fingerprint density at radius 1 is 0.889 bits per heavy atom. The predicted octanol–water partition coefficient (Wildman–Crippen LogP) is 4.75. The highest BCUT2D eigenvalue weighted by molar-refractivity contribution is 6.12. The number of likely N-dealkylation sites (N-methyl/N-ethyl adjacent to an activating group) is 2. The Morgan fingerprint density at radius 2 is 1.56 bits per heavy atom. The third-order valence-electron chi connectivity index (χ3n) is 17.0. The molecule has 18 heteroatoms. The van der Waals surface area contributed by atoms with Crippen molar-refractivity contribution in [1.29, 1.82) is 0 Å². The molecule has 5 aliphatic rings. The average Bonchev–Trinajstić information content (AvgIpc) is 4.30. The summed E-state index contributed by atoms with van der Waals surface area (Å²) in [5.74, 6) is -4.83. The molecule has 72 heavy (non-hydrogen) atoms. The largest absolute Gasteiger partial charge is 0.481 e. The van der Waals surface area contributed by atoms with E-state index >= 15 is 0 Å². The van der Waals surface area contributed by atoms with E-state index in [0.29, 0.717) is 32.1 Å². The molecule has 4 fully saturated rings. The second kappa shape index (κ2) is 22.9. The SMILES string of the molecule is CC[C@H](C)[C@@]1([C@@H](CC(=O)N2[C@H](C(OC)[C@@H](C)C(=O)NC3CC3(Cc3ccccc3F)C(=O)O)C[C@@H]3C[C@@H]32)OC)CC1N(C)C(=O)[C@@H](NC(=O)C(C(C)C)N(C)C(=O)CCCCCN1C(=O)C=CC1=O)C(C)C. The van der Waals surface area contributed by atoms with Crippen LogP contribution in [0.15, 0.2) is 36.4 Å². The van der Waals surface area contributed by atoms with E-state index < -0.39 is 76.7 Å². The maximum absolute atomic E-state index is 14.7. The number of carbonyl (C=O) groups is 8. The number of hydrogen-bond acceptors (Lipinski definition) is 10. The number of amides is 7. The first kappa shape index (κ1) is 56.1. The minimum atomic E-state index is -1.33. The van der Waals surface area contributed by atoms with Crippen molar-refractivity contribution in [2.75, 3.05) is 34.9 Å². The van der Waals surface area contributed by atoms with Gasteiger partial charge >= 0.3 is 5.97 Å². The van der Waals surface area contributed by atoms with E-state index in [2.05, 4.69) is 24.5 Å². The normalized spacial score (nSPS) is 27.4. The number of likely N-dealkylation sites (tertiary alicyclic amines) is 1. The number of benzene rings is 1. The molecule has 3 saturated carbocycles. The number of aliphatic carboxylic acids is 1. The number of imide groups is 1. The van der Waals surface area contributed by atoms with Gasteiger partial charge in [-0.25, -0.2) is 4.39 Å². The summed E-state index contributed by atoms with van der Waals surface area (Å²) in [5, 5.41) is 16.1. The molecule has 6 rings (SSSR count). The molecule has 5 unspecified atom stereocenters. The zero-order chi connectivity index (χ0) is 53.1. The highest BCUT2D eigenvalue weighted by atomic mass is 19.1. The van der Waals surface area contributed by atoms with Gasteiger partial charge in [-0.3, -0.25) is 43.3 Å². The monoisotopic (exact) mass is 1010 g/mol. The second-order valence-electron chi connectivity index (χ2n) is 22.1. The van der Waals surface area contributed by atoms with Crippen molar-refractivity contribution in [2.45, 2.75) is 168 Å². The van der Waals surface area contributed by atoms with Crippen LogP contribution >= 0.6 is 0 Å². The minimum Gasteiger partial charge on any atom is -0.481 e. The van der Waals surface area contributed by atoms with Crippen molar-refractivity contribution >= 4 is 47.3 Å². The van der Waals surface area contributed by atoms with Gasteiger partial charge in [-0.1, -0.05) is 79.5 Å². The number of fused-ring (bicyclic) bond motifs is 1. The Hall–Kier alpha value is -5.23. The van der Waals surface area contributed by atoms with E-state index in [-0.39, 0.29) is 103 Å². The summed E-state index contributed by atoms with van der Waals surface area (Å²) < 4.78 is 26.8. The topological polar surface area (TPSA) is 212 Å². The summed E-state index contributed by atoms with van der Waals surface area (Å²) in [6.45, 7) is 13.6. The van der Waals surface area contributed by atoms with Gasteiger partial charge in [0.1, 0.15) is 17.9 Å². The molecule has 0 spiro atoms. The van der Waals surface area contributed by atoms with Crippen molar-refractivity contribution in [3.8, 4) is 0 Å². The van der Waals surface area contributed by atoms with E-state index in [1.807, 2.05) is 32.6 Å².